The summed E-state index contributed by atoms with van der Waals surface area (Å²) in [7, 11) is -4.11. The summed E-state index contributed by atoms with van der Waals surface area (Å²) in [5.74, 6) is -0.337. The van der Waals surface area contributed by atoms with Gasteiger partial charge in [0.1, 0.15) is 10.7 Å². The molecule has 0 fully saturated rings. The molecule has 26 heavy (non-hydrogen) atoms. The molecule has 2 aromatic carbocycles. The quantitative estimate of drug-likeness (QED) is 0.628. The minimum Gasteiger partial charge on any atom is -0.358 e. The zero-order valence-corrected chi connectivity index (χ0v) is 15.5. The van der Waals surface area contributed by atoms with Crippen LogP contribution < -0.4 is 4.18 Å². The number of halogens is 1. The fourth-order valence-corrected chi connectivity index (χ4v) is 3.34. The average Bonchev–Trinajstić information content (AvgIpc) is 2.98. The van der Waals surface area contributed by atoms with Gasteiger partial charge in [0.05, 0.1) is 11.4 Å². The Labute approximate surface area is 152 Å². The fraction of sp³-hybridized carbons (Fsp3) is 0.211. The van der Waals surface area contributed by atoms with Crippen LogP contribution in [0.4, 0.5) is 4.39 Å². The number of benzene rings is 2. The average molecular weight is 374 g/mol. The first kappa shape index (κ1) is 18.1. The highest BCUT2D eigenvalue weighted by Crippen LogP contribution is 2.27. The Kier molecular flexibility index (Phi) is 4.82. The van der Waals surface area contributed by atoms with Crippen LogP contribution in [0.2, 0.25) is 0 Å². The van der Waals surface area contributed by atoms with Crippen LogP contribution in [-0.2, 0) is 10.1 Å². The van der Waals surface area contributed by atoms with Gasteiger partial charge in [-0.25, -0.2) is 4.39 Å². The second-order valence-corrected chi connectivity index (χ2v) is 7.85. The number of rotatable bonds is 5. The Morgan fingerprint density at radius 3 is 2.38 bits per heavy atom. The molecule has 0 aliphatic heterocycles. The molecular formula is C19H19FN2O3S. The van der Waals surface area contributed by atoms with E-state index in [0.717, 1.165) is 17.7 Å². The Morgan fingerprint density at radius 1 is 1.08 bits per heavy atom. The number of aromatic nitrogens is 2. The minimum absolute atomic E-state index is 0.0867. The van der Waals surface area contributed by atoms with Gasteiger partial charge < -0.3 is 4.18 Å². The Hall–Kier alpha value is -2.67. The van der Waals surface area contributed by atoms with Gasteiger partial charge >= 0.3 is 10.1 Å². The van der Waals surface area contributed by atoms with Crippen molar-refractivity contribution in [1.82, 2.24) is 9.78 Å². The van der Waals surface area contributed by atoms with E-state index < -0.39 is 15.9 Å². The molecule has 136 valence electrons. The van der Waals surface area contributed by atoms with Crippen molar-refractivity contribution < 1.29 is 17.0 Å². The van der Waals surface area contributed by atoms with Crippen molar-refractivity contribution in [2.24, 2.45) is 0 Å². The molecule has 0 saturated carbocycles. The maximum absolute atomic E-state index is 13.1. The highest BCUT2D eigenvalue weighted by Gasteiger charge is 2.22. The molecule has 0 unspecified atom stereocenters. The molecule has 7 heteroatoms. The van der Waals surface area contributed by atoms with Gasteiger partial charge in [0.15, 0.2) is 0 Å². The third-order valence-electron chi connectivity index (χ3n) is 3.83. The predicted molar refractivity (Wildman–Crippen MR) is 96.6 cm³/mol. The van der Waals surface area contributed by atoms with Crippen LogP contribution in [0.25, 0.3) is 5.69 Å². The molecule has 0 saturated heterocycles. The summed E-state index contributed by atoms with van der Waals surface area (Å²) in [6.07, 6.45) is 0. The van der Waals surface area contributed by atoms with Crippen LogP contribution in [-0.4, -0.2) is 18.2 Å². The Bertz CT molecular complexity index is 1030. The van der Waals surface area contributed by atoms with Crippen molar-refractivity contribution in [3.63, 3.8) is 0 Å². The molecule has 0 bridgehead atoms. The summed E-state index contributed by atoms with van der Waals surface area (Å²) in [6.45, 7) is 5.86. The van der Waals surface area contributed by atoms with Crippen molar-refractivity contribution >= 4 is 10.1 Å². The summed E-state index contributed by atoms with van der Waals surface area (Å²) >= 11 is 0. The first-order valence-electron chi connectivity index (χ1n) is 8.13. The maximum Gasteiger partial charge on any atom is 0.340 e. The highest BCUT2D eigenvalue weighted by atomic mass is 32.2. The van der Waals surface area contributed by atoms with Crippen molar-refractivity contribution in [2.45, 2.75) is 31.6 Å². The standard InChI is InChI=1S/C19H19FN2O3S/c1-13(2)18-12-19(22(21-18)16-6-4-5-14(3)11-16)25-26(23,24)17-9-7-15(20)8-10-17/h4-13H,1-3H3. The highest BCUT2D eigenvalue weighted by molar-refractivity contribution is 7.87. The zero-order valence-electron chi connectivity index (χ0n) is 14.7. The molecule has 0 aliphatic carbocycles. The van der Waals surface area contributed by atoms with Crippen LogP contribution in [0.3, 0.4) is 0 Å². The number of hydrogen-bond donors (Lipinski definition) is 0. The van der Waals surface area contributed by atoms with Gasteiger partial charge in [-0.1, -0.05) is 26.0 Å². The smallest absolute Gasteiger partial charge is 0.340 e. The predicted octanol–water partition coefficient (Wildman–Crippen LogP) is 4.21. The SMILES string of the molecule is Cc1cccc(-n2nc(C(C)C)cc2OS(=O)(=O)c2ccc(F)cc2)c1. The zero-order chi connectivity index (χ0) is 18.9. The van der Waals surface area contributed by atoms with E-state index in [4.69, 9.17) is 4.18 Å². The number of aryl methyl sites for hydroxylation is 1. The normalized spacial score (nSPS) is 11.7. The molecule has 3 aromatic rings. The summed E-state index contributed by atoms with van der Waals surface area (Å²) in [5.41, 5.74) is 2.41. The van der Waals surface area contributed by atoms with Crippen molar-refractivity contribution in [3.05, 3.63) is 71.7 Å². The molecule has 0 atom stereocenters. The lowest BCUT2D eigenvalue weighted by Gasteiger charge is -2.10. The van der Waals surface area contributed by atoms with E-state index in [1.165, 1.54) is 16.8 Å². The summed E-state index contributed by atoms with van der Waals surface area (Å²) in [5, 5.41) is 4.48. The fourth-order valence-electron chi connectivity index (χ4n) is 2.43. The molecule has 0 N–H and O–H groups in total. The third-order valence-corrected chi connectivity index (χ3v) is 5.07. The molecule has 0 aliphatic rings. The van der Waals surface area contributed by atoms with E-state index in [0.29, 0.717) is 11.4 Å². The Morgan fingerprint density at radius 2 is 1.77 bits per heavy atom. The monoisotopic (exact) mass is 374 g/mol. The molecule has 0 spiro atoms. The first-order chi connectivity index (χ1) is 12.3. The van der Waals surface area contributed by atoms with Gasteiger partial charge in [0, 0.05) is 6.07 Å². The van der Waals surface area contributed by atoms with Gasteiger partial charge in [-0.2, -0.15) is 18.2 Å². The summed E-state index contributed by atoms with van der Waals surface area (Å²) in [6, 6.07) is 13.6. The number of nitrogens with zero attached hydrogens (tertiary/aromatic N) is 2. The lowest BCUT2D eigenvalue weighted by atomic mass is 10.1. The van der Waals surface area contributed by atoms with Crippen LogP contribution in [0.1, 0.15) is 31.0 Å². The summed E-state index contributed by atoms with van der Waals surface area (Å²) < 4.78 is 45.0. The molecule has 5 nitrogen and oxygen atoms in total. The van der Waals surface area contributed by atoms with E-state index >= 15 is 0 Å². The van der Waals surface area contributed by atoms with Crippen LogP contribution >= 0.6 is 0 Å². The molecule has 1 heterocycles. The second-order valence-electron chi connectivity index (χ2n) is 6.30. The van der Waals surface area contributed by atoms with Crippen LogP contribution in [0, 0.1) is 12.7 Å². The lowest BCUT2D eigenvalue weighted by molar-refractivity contribution is 0.464. The lowest BCUT2D eigenvalue weighted by Crippen LogP contribution is -2.12. The molecule has 0 radical (unpaired) electrons. The van der Waals surface area contributed by atoms with E-state index in [-0.39, 0.29) is 16.7 Å². The molecule has 1 aromatic heterocycles. The van der Waals surface area contributed by atoms with Crippen molar-refractivity contribution in [1.29, 1.82) is 0 Å². The first-order valence-corrected chi connectivity index (χ1v) is 9.54. The topological polar surface area (TPSA) is 61.2 Å². The van der Waals surface area contributed by atoms with Crippen LogP contribution in [0.5, 0.6) is 5.88 Å². The van der Waals surface area contributed by atoms with E-state index in [1.54, 1.807) is 6.07 Å². The largest absolute Gasteiger partial charge is 0.358 e. The van der Waals surface area contributed by atoms with Gasteiger partial charge in [-0.15, -0.1) is 0 Å². The minimum atomic E-state index is -4.11. The summed E-state index contributed by atoms with van der Waals surface area (Å²) in [4.78, 5) is -0.123. The van der Waals surface area contributed by atoms with E-state index in [1.807, 2.05) is 45.0 Å². The molecule has 0 amide bonds. The van der Waals surface area contributed by atoms with E-state index in [9.17, 15) is 12.8 Å². The molecular weight excluding hydrogens is 355 g/mol. The second kappa shape index (κ2) is 6.92. The van der Waals surface area contributed by atoms with Crippen LogP contribution in [0.15, 0.2) is 59.5 Å². The van der Waals surface area contributed by atoms with E-state index in [2.05, 4.69) is 5.10 Å². The van der Waals surface area contributed by atoms with Gasteiger partial charge in [0.2, 0.25) is 5.88 Å². The van der Waals surface area contributed by atoms with Gasteiger partial charge in [0.25, 0.3) is 0 Å². The molecule has 3 rings (SSSR count). The van der Waals surface area contributed by atoms with Gasteiger partial charge in [-0.3, -0.25) is 0 Å². The van der Waals surface area contributed by atoms with Crippen molar-refractivity contribution in [2.75, 3.05) is 0 Å². The number of hydrogen-bond acceptors (Lipinski definition) is 4. The third kappa shape index (κ3) is 3.77. The van der Waals surface area contributed by atoms with Crippen molar-refractivity contribution in [3.8, 4) is 11.6 Å². The van der Waals surface area contributed by atoms with Gasteiger partial charge in [-0.05, 0) is 54.8 Å². The maximum atomic E-state index is 13.1. The Balaban J connectivity index is 2.05.